The Kier molecular flexibility index (Phi) is 2.97. The molecule has 3 nitrogen and oxygen atoms in total. The summed E-state index contributed by atoms with van der Waals surface area (Å²) in [4.78, 5) is 15.7. The monoisotopic (exact) mass is 287 g/mol. The summed E-state index contributed by atoms with van der Waals surface area (Å²) in [6, 6.07) is 16.0. The molecule has 3 heteroatoms. The van der Waals surface area contributed by atoms with Gasteiger partial charge in [-0.2, -0.15) is 0 Å². The molecule has 106 valence electrons. The molecule has 0 spiro atoms. The molecule has 4 rings (SSSR count). The number of pyridine rings is 1. The number of aldehydes is 1. The number of rotatable bonds is 2. The molecular formula is C19H13NO2. The maximum atomic E-state index is 11.5. The molecule has 0 amide bonds. The van der Waals surface area contributed by atoms with Crippen LogP contribution in [0.2, 0.25) is 0 Å². The average molecular weight is 287 g/mol. The van der Waals surface area contributed by atoms with Crippen molar-refractivity contribution >= 4 is 17.1 Å². The quantitative estimate of drug-likeness (QED) is 0.672. The summed E-state index contributed by atoms with van der Waals surface area (Å²) < 4.78 is 5.67. The Hall–Kier alpha value is -2.94. The normalized spacial score (nSPS) is 16.5. The predicted octanol–water partition coefficient (Wildman–Crippen LogP) is 3.84. The first kappa shape index (κ1) is 12.8. The van der Waals surface area contributed by atoms with Gasteiger partial charge in [0.25, 0.3) is 0 Å². The number of benzene rings is 2. The van der Waals surface area contributed by atoms with Crippen LogP contribution in [0.25, 0.3) is 10.8 Å². The van der Waals surface area contributed by atoms with Crippen LogP contribution >= 0.6 is 0 Å². The largest absolute Gasteiger partial charge is 0.464 e. The number of nitrogens with zero attached hydrogens (tertiary/aromatic N) is 1. The predicted molar refractivity (Wildman–Crippen MR) is 84.8 cm³/mol. The van der Waals surface area contributed by atoms with Gasteiger partial charge in [0.15, 0.2) is 0 Å². The van der Waals surface area contributed by atoms with Gasteiger partial charge in [-0.3, -0.25) is 9.78 Å². The number of carbonyl (C=O) groups excluding carboxylic acids is 1. The molecule has 22 heavy (non-hydrogen) atoms. The first-order valence-electron chi connectivity index (χ1n) is 7.12. The summed E-state index contributed by atoms with van der Waals surface area (Å²) in [5.41, 5.74) is 2.62. The van der Waals surface area contributed by atoms with Crippen LogP contribution in [0.15, 0.2) is 72.8 Å². The minimum Gasteiger partial charge on any atom is -0.464 e. The minimum absolute atomic E-state index is 0.152. The van der Waals surface area contributed by atoms with E-state index in [0.29, 0.717) is 5.57 Å². The van der Waals surface area contributed by atoms with Crippen LogP contribution in [0.4, 0.5) is 0 Å². The number of carbonyl (C=O) groups is 1. The Morgan fingerprint density at radius 2 is 1.95 bits per heavy atom. The van der Waals surface area contributed by atoms with Gasteiger partial charge in [-0.1, -0.05) is 36.4 Å². The molecule has 1 aromatic heterocycles. The van der Waals surface area contributed by atoms with Crippen LogP contribution in [0.3, 0.4) is 0 Å². The van der Waals surface area contributed by atoms with E-state index in [1.807, 2.05) is 36.4 Å². The van der Waals surface area contributed by atoms with E-state index in [-0.39, 0.29) is 5.92 Å². The molecule has 1 aliphatic heterocycles. The van der Waals surface area contributed by atoms with Crippen LogP contribution in [0, 0.1) is 0 Å². The van der Waals surface area contributed by atoms with Gasteiger partial charge in [0.1, 0.15) is 12.0 Å². The van der Waals surface area contributed by atoms with Crippen LogP contribution in [-0.4, -0.2) is 11.3 Å². The van der Waals surface area contributed by atoms with Gasteiger partial charge in [0.05, 0.1) is 6.26 Å². The van der Waals surface area contributed by atoms with Crippen molar-refractivity contribution < 1.29 is 9.53 Å². The maximum Gasteiger partial charge on any atom is 0.150 e. The van der Waals surface area contributed by atoms with Crippen molar-refractivity contribution in [3.05, 3.63) is 83.9 Å². The summed E-state index contributed by atoms with van der Waals surface area (Å²) in [5.74, 6) is 0.638. The Labute approximate surface area is 127 Å². The molecule has 2 heterocycles. The number of fused-ring (bicyclic) bond motifs is 3. The Balaban J connectivity index is 2.04. The SMILES string of the molecule is O=CC1=COc2ccc3ccccc3c2C1c1cccnc1. The molecule has 1 atom stereocenters. The summed E-state index contributed by atoms with van der Waals surface area (Å²) in [6.07, 6.45) is 5.94. The van der Waals surface area contributed by atoms with Crippen LogP contribution in [0.1, 0.15) is 17.0 Å². The molecule has 0 bridgehead atoms. The fraction of sp³-hybridized carbons (Fsp3) is 0.0526. The standard InChI is InChI=1S/C19H13NO2/c21-11-15-12-22-17-8-7-13-4-1-2-6-16(13)19(17)18(15)14-5-3-9-20-10-14/h1-12,18H. The third kappa shape index (κ3) is 1.91. The first-order valence-corrected chi connectivity index (χ1v) is 7.12. The number of aromatic nitrogens is 1. The molecule has 0 saturated carbocycles. The van der Waals surface area contributed by atoms with Crippen molar-refractivity contribution in [2.75, 3.05) is 0 Å². The number of ether oxygens (including phenoxy) is 1. The fourth-order valence-corrected chi connectivity index (χ4v) is 3.04. The van der Waals surface area contributed by atoms with Gasteiger partial charge < -0.3 is 4.74 Å². The molecule has 0 N–H and O–H groups in total. The smallest absolute Gasteiger partial charge is 0.150 e. The van der Waals surface area contributed by atoms with E-state index in [9.17, 15) is 4.79 Å². The lowest BCUT2D eigenvalue weighted by Crippen LogP contribution is -2.13. The highest BCUT2D eigenvalue weighted by Gasteiger charge is 2.28. The Morgan fingerprint density at radius 1 is 1.05 bits per heavy atom. The van der Waals surface area contributed by atoms with Gasteiger partial charge in [-0.25, -0.2) is 0 Å². The van der Waals surface area contributed by atoms with E-state index in [0.717, 1.165) is 33.9 Å². The molecule has 1 aliphatic rings. The van der Waals surface area contributed by atoms with E-state index >= 15 is 0 Å². The average Bonchev–Trinajstić information content (AvgIpc) is 2.61. The summed E-state index contributed by atoms with van der Waals surface area (Å²) in [5, 5.41) is 2.23. The summed E-state index contributed by atoms with van der Waals surface area (Å²) in [6.45, 7) is 0. The highest BCUT2D eigenvalue weighted by molar-refractivity contribution is 5.92. The molecule has 0 saturated heterocycles. The van der Waals surface area contributed by atoms with E-state index in [2.05, 4.69) is 17.1 Å². The molecule has 0 aliphatic carbocycles. The zero-order valence-electron chi connectivity index (χ0n) is 11.8. The highest BCUT2D eigenvalue weighted by atomic mass is 16.5. The Morgan fingerprint density at radius 3 is 2.77 bits per heavy atom. The molecule has 3 aromatic rings. The lowest BCUT2D eigenvalue weighted by molar-refractivity contribution is -0.105. The fourth-order valence-electron chi connectivity index (χ4n) is 3.04. The third-order valence-corrected chi connectivity index (χ3v) is 4.03. The van der Waals surface area contributed by atoms with Crippen molar-refractivity contribution in [1.29, 1.82) is 0 Å². The second-order valence-corrected chi connectivity index (χ2v) is 5.27. The maximum absolute atomic E-state index is 11.5. The van der Waals surface area contributed by atoms with Crippen molar-refractivity contribution in [3.8, 4) is 5.75 Å². The first-order chi connectivity index (χ1) is 10.9. The molecular weight excluding hydrogens is 274 g/mol. The minimum atomic E-state index is -0.152. The lowest BCUT2D eigenvalue weighted by atomic mass is 9.82. The van der Waals surface area contributed by atoms with Crippen molar-refractivity contribution in [2.45, 2.75) is 5.92 Å². The van der Waals surface area contributed by atoms with Crippen molar-refractivity contribution in [1.82, 2.24) is 4.98 Å². The van der Waals surface area contributed by atoms with Crippen LogP contribution < -0.4 is 4.74 Å². The topological polar surface area (TPSA) is 39.2 Å². The molecule has 2 aromatic carbocycles. The van der Waals surface area contributed by atoms with E-state index < -0.39 is 0 Å². The van der Waals surface area contributed by atoms with Crippen molar-refractivity contribution in [3.63, 3.8) is 0 Å². The zero-order chi connectivity index (χ0) is 14.9. The number of hydrogen-bond acceptors (Lipinski definition) is 3. The van der Waals surface area contributed by atoms with E-state index in [4.69, 9.17) is 4.74 Å². The van der Waals surface area contributed by atoms with E-state index in [1.165, 1.54) is 0 Å². The molecule has 1 unspecified atom stereocenters. The van der Waals surface area contributed by atoms with Crippen molar-refractivity contribution in [2.24, 2.45) is 0 Å². The van der Waals surface area contributed by atoms with Gasteiger partial charge in [0.2, 0.25) is 0 Å². The van der Waals surface area contributed by atoms with E-state index in [1.54, 1.807) is 18.7 Å². The second-order valence-electron chi connectivity index (χ2n) is 5.27. The van der Waals surface area contributed by atoms with Gasteiger partial charge in [0, 0.05) is 29.4 Å². The van der Waals surface area contributed by atoms with Gasteiger partial charge in [-0.05, 0) is 28.5 Å². The highest BCUT2D eigenvalue weighted by Crippen LogP contribution is 2.43. The van der Waals surface area contributed by atoms with Gasteiger partial charge >= 0.3 is 0 Å². The van der Waals surface area contributed by atoms with Gasteiger partial charge in [-0.15, -0.1) is 0 Å². The van der Waals surface area contributed by atoms with Crippen LogP contribution in [-0.2, 0) is 4.79 Å². The summed E-state index contributed by atoms with van der Waals surface area (Å²) in [7, 11) is 0. The molecule has 0 fully saturated rings. The van der Waals surface area contributed by atoms with Crippen LogP contribution in [0.5, 0.6) is 5.75 Å². The Bertz CT molecular complexity index is 884. The summed E-state index contributed by atoms with van der Waals surface area (Å²) >= 11 is 0. The number of hydrogen-bond donors (Lipinski definition) is 0. The zero-order valence-corrected chi connectivity index (χ0v) is 11.8. The third-order valence-electron chi connectivity index (χ3n) is 4.03. The number of allylic oxidation sites excluding steroid dienone is 1. The lowest BCUT2D eigenvalue weighted by Gasteiger charge is -2.26. The molecule has 0 radical (unpaired) electrons. The second kappa shape index (κ2) is 5.11.